The van der Waals surface area contributed by atoms with Crippen molar-refractivity contribution in [1.82, 2.24) is 20.1 Å². The SMILES string of the molecule is CC(C)c1nncn1CCNC(=O)c1cc(Cl)c2c(c1)OCCCO2. The molecule has 0 radical (unpaired) electrons. The van der Waals surface area contributed by atoms with Crippen molar-refractivity contribution >= 4 is 17.5 Å². The van der Waals surface area contributed by atoms with E-state index in [-0.39, 0.29) is 11.8 Å². The third kappa shape index (κ3) is 4.04. The molecule has 1 aromatic heterocycles. The lowest BCUT2D eigenvalue weighted by atomic mass is 10.2. The second-order valence-corrected chi connectivity index (χ2v) is 6.54. The number of rotatable bonds is 5. The quantitative estimate of drug-likeness (QED) is 0.882. The normalized spacial score (nSPS) is 13.6. The third-order valence-corrected chi connectivity index (χ3v) is 4.15. The smallest absolute Gasteiger partial charge is 0.251 e. The predicted molar refractivity (Wildman–Crippen MR) is 93.5 cm³/mol. The van der Waals surface area contributed by atoms with Gasteiger partial charge in [-0.25, -0.2) is 0 Å². The number of ether oxygens (including phenoxy) is 2. The summed E-state index contributed by atoms with van der Waals surface area (Å²) in [6.45, 7) is 6.26. The van der Waals surface area contributed by atoms with Gasteiger partial charge in [-0.3, -0.25) is 4.79 Å². The lowest BCUT2D eigenvalue weighted by Crippen LogP contribution is -2.27. The molecule has 1 amide bonds. The summed E-state index contributed by atoms with van der Waals surface area (Å²) in [6, 6.07) is 3.27. The first-order chi connectivity index (χ1) is 12.1. The number of benzene rings is 1. The number of aromatic nitrogens is 3. The largest absolute Gasteiger partial charge is 0.489 e. The first-order valence-electron chi connectivity index (χ1n) is 8.31. The molecule has 0 atom stereocenters. The van der Waals surface area contributed by atoms with Crippen LogP contribution in [0.5, 0.6) is 11.5 Å². The Balaban J connectivity index is 1.64. The van der Waals surface area contributed by atoms with Gasteiger partial charge < -0.3 is 19.4 Å². The van der Waals surface area contributed by atoms with Gasteiger partial charge in [0.2, 0.25) is 0 Å². The van der Waals surface area contributed by atoms with E-state index in [2.05, 4.69) is 29.4 Å². The predicted octanol–water partition coefficient (Wildman–Crippen LogP) is 2.65. The average molecular weight is 365 g/mol. The number of amides is 1. The topological polar surface area (TPSA) is 78.3 Å². The number of halogens is 1. The molecular weight excluding hydrogens is 344 g/mol. The molecule has 0 bridgehead atoms. The first-order valence-corrected chi connectivity index (χ1v) is 8.69. The molecule has 134 valence electrons. The van der Waals surface area contributed by atoms with Crippen LogP contribution in [-0.4, -0.2) is 40.4 Å². The fraction of sp³-hybridized carbons (Fsp3) is 0.471. The van der Waals surface area contributed by atoms with Crippen molar-refractivity contribution in [1.29, 1.82) is 0 Å². The summed E-state index contributed by atoms with van der Waals surface area (Å²) in [5, 5.41) is 11.3. The van der Waals surface area contributed by atoms with Crippen LogP contribution in [0.2, 0.25) is 5.02 Å². The molecule has 3 rings (SSSR count). The number of carbonyl (C=O) groups excluding carboxylic acids is 1. The highest BCUT2D eigenvalue weighted by Crippen LogP contribution is 2.37. The maximum absolute atomic E-state index is 12.4. The number of hydrogen-bond acceptors (Lipinski definition) is 5. The van der Waals surface area contributed by atoms with Gasteiger partial charge in [0.05, 0.1) is 18.2 Å². The molecule has 2 heterocycles. The van der Waals surface area contributed by atoms with Gasteiger partial charge in [-0.05, 0) is 12.1 Å². The van der Waals surface area contributed by atoms with Crippen LogP contribution in [0.3, 0.4) is 0 Å². The zero-order valence-corrected chi connectivity index (χ0v) is 15.0. The van der Waals surface area contributed by atoms with Crippen molar-refractivity contribution in [3.05, 3.63) is 34.9 Å². The standard InChI is InChI=1S/C17H21ClN4O3/c1-11(2)16-21-20-10-22(16)5-4-19-17(23)12-8-13(18)15-14(9-12)24-6-3-7-25-15/h8-11H,3-7H2,1-2H3,(H,19,23). The van der Waals surface area contributed by atoms with Gasteiger partial charge >= 0.3 is 0 Å². The molecule has 1 N–H and O–H groups in total. The van der Waals surface area contributed by atoms with E-state index in [9.17, 15) is 4.79 Å². The zero-order valence-electron chi connectivity index (χ0n) is 14.3. The zero-order chi connectivity index (χ0) is 17.8. The van der Waals surface area contributed by atoms with Crippen molar-refractivity contribution in [2.75, 3.05) is 19.8 Å². The number of nitrogens with zero attached hydrogens (tertiary/aromatic N) is 3. The van der Waals surface area contributed by atoms with Crippen LogP contribution in [-0.2, 0) is 6.54 Å². The minimum Gasteiger partial charge on any atom is -0.489 e. The Kier molecular flexibility index (Phi) is 5.43. The Bertz CT molecular complexity index is 760. The van der Waals surface area contributed by atoms with Crippen molar-refractivity contribution in [2.45, 2.75) is 32.7 Å². The molecule has 7 nitrogen and oxygen atoms in total. The highest BCUT2D eigenvalue weighted by molar-refractivity contribution is 6.32. The second kappa shape index (κ2) is 7.74. The third-order valence-electron chi connectivity index (χ3n) is 3.86. The van der Waals surface area contributed by atoms with Gasteiger partial charge in [-0.15, -0.1) is 10.2 Å². The summed E-state index contributed by atoms with van der Waals surface area (Å²) in [4.78, 5) is 12.4. The van der Waals surface area contributed by atoms with E-state index in [1.807, 2.05) is 4.57 Å². The van der Waals surface area contributed by atoms with E-state index in [1.54, 1.807) is 18.5 Å². The maximum Gasteiger partial charge on any atom is 0.251 e. The molecule has 8 heteroatoms. The molecule has 0 unspecified atom stereocenters. The lowest BCUT2D eigenvalue weighted by molar-refractivity contribution is 0.0951. The summed E-state index contributed by atoms with van der Waals surface area (Å²) < 4.78 is 13.1. The van der Waals surface area contributed by atoms with E-state index in [0.717, 1.165) is 12.2 Å². The summed E-state index contributed by atoms with van der Waals surface area (Å²) >= 11 is 6.23. The molecule has 0 spiro atoms. The Morgan fingerprint density at radius 3 is 2.96 bits per heavy atom. The molecule has 0 saturated heterocycles. The molecule has 0 saturated carbocycles. The maximum atomic E-state index is 12.4. The fourth-order valence-electron chi connectivity index (χ4n) is 2.64. The van der Waals surface area contributed by atoms with Gasteiger partial charge in [0, 0.05) is 31.0 Å². The second-order valence-electron chi connectivity index (χ2n) is 6.13. The minimum atomic E-state index is -0.211. The molecular formula is C17H21ClN4O3. The van der Waals surface area contributed by atoms with Crippen LogP contribution in [0.15, 0.2) is 18.5 Å². The molecule has 1 aromatic carbocycles. The van der Waals surface area contributed by atoms with Crippen LogP contribution in [0, 0.1) is 0 Å². The van der Waals surface area contributed by atoms with Crippen LogP contribution >= 0.6 is 11.6 Å². The van der Waals surface area contributed by atoms with E-state index >= 15 is 0 Å². The van der Waals surface area contributed by atoms with Crippen molar-refractivity contribution in [3.63, 3.8) is 0 Å². The monoisotopic (exact) mass is 364 g/mol. The van der Waals surface area contributed by atoms with E-state index in [4.69, 9.17) is 21.1 Å². The van der Waals surface area contributed by atoms with Crippen LogP contribution in [0.25, 0.3) is 0 Å². The molecule has 0 fully saturated rings. The van der Waals surface area contributed by atoms with Crippen LogP contribution in [0.1, 0.15) is 42.4 Å². The first kappa shape index (κ1) is 17.5. The summed E-state index contributed by atoms with van der Waals surface area (Å²) in [7, 11) is 0. The van der Waals surface area contributed by atoms with Crippen molar-refractivity contribution < 1.29 is 14.3 Å². The van der Waals surface area contributed by atoms with Gasteiger partial charge in [0.15, 0.2) is 11.5 Å². The average Bonchev–Trinajstić information content (AvgIpc) is 2.91. The van der Waals surface area contributed by atoms with E-state index < -0.39 is 0 Å². The highest BCUT2D eigenvalue weighted by Gasteiger charge is 2.18. The van der Waals surface area contributed by atoms with Crippen molar-refractivity contribution in [3.8, 4) is 11.5 Å². The summed E-state index contributed by atoms with van der Waals surface area (Å²) in [6.07, 6.45) is 2.45. The minimum absolute atomic E-state index is 0.211. The number of hydrogen-bond donors (Lipinski definition) is 1. The van der Waals surface area contributed by atoms with E-state index in [0.29, 0.717) is 48.4 Å². The number of carbonyl (C=O) groups is 1. The highest BCUT2D eigenvalue weighted by atomic mass is 35.5. The molecule has 0 aliphatic carbocycles. The van der Waals surface area contributed by atoms with Gasteiger partial charge in [-0.2, -0.15) is 0 Å². The van der Waals surface area contributed by atoms with Gasteiger partial charge in [0.1, 0.15) is 12.2 Å². The van der Waals surface area contributed by atoms with Crippen LogP contribution in [0.4, 0.5) is 0 Å². The lowest BCUT2D eigenvalue weighted by Gasteiger charge is -2.12. The summed E-state index contributed by atoms with van der Waals surface area (Å²) in [5.74, 6) is 1.97. The Labute approximate surface area is 151 Å². The van der Waals surface area contributed by atoms with Gasteiger partial charge in [0.25, 0.3) is 5.91 Å². The Morgan fingerprint density at radius 2 is 2.16 bits per heavy atom. The van der Waals surface area contributed by atoms with Gasteiger partial charge in [-0.1, -0.05) is 25.4 Å². The number of fused-ring (bicyclic) bond motifs is 1. The van der Waals surface area contributed by atoms with Crippen molar-refractivity contribution in [2.24, 2.45) is 0 Å². The fourth-order valence-corrected chi connectivity index (χ4v) is 2.90. The Morgan fingerprint density at radius 1 is 1.36 bits per heavy atom. The molecule has 25 heavy (non-hydrogen) atoms. The van der Waals surface area contributed by atoms with Crippen LogP contribution < -0.4 is 14.8 Å². The molecule has 1 aliphatic heterocycles. The summed E-state index contributed by atoms with van der Waals surface area (Å²) in [5.41, 5.74) is 0.446. The Hall–Kier alpha value is -2.28. The van der Waals surface area contributed by atoms with E-state index in [1.165, 1.54) is 0 Å². The number of nitrogens with one attached hydrogen (secondary N) is 1. The molecule has 1 aliphatic rings. The molecule has 2 aromatic rings.